The Kier molecular flexibility index (Phi) is 4.46. The zero-order chi connectivity index (χ0) is 19.2. The average molecular weight is 353 g/mol. The zero-order valence-corrected chi connectivity index (χ0v) is 15.4. The van der Waals surface area contributed by atoms with Gasteiger partial charge in [-0.15, -0.1) is 0 Å². The molecule has 26 heavy (non-hydrogen) atoms. The molecule has 3 rings (SSSR count). The number of hydrogen-bond donors (Lipinski definition) is 2. The Balaban J connectivity index is 2.39. The molecule has 2 aromatic heterocycles. The lowest BCUT2D eigenvalue weighted by molar-refractivity contribution is 0.0992. The van der Waals surface area contributed by atoms with Crippen LogP contribution in [0, 0.1) is 13.8 Å². The number of carbonyl (C=O) groups excluding carboxylic acids is 1. The van der Waals surface area contributed by atoms with Crippen LogP contribution in [0.15, 0.2) is 35.3 Å². The molecule has 3 aromatic rings. The van der Waals surface area contributed by atoms with Crippen LogP contribution in [0.5, 0.6) is 0 Å². The third-order valence-corrected chi connectivity index (χ3v) is 4.94. The molecule has 6 nitrogen and oxygen atoms in total. The second kappa shape index (κ2) is 6.46. The Bertz CT molecular complexity index is 1060. The van der Waals surface area contributed by atoms with E-state index in [9.17, 15) is 14.7 Å². The van der Waals surface area contributed by atoms with Crippen LogP contribution in [-0.2, 0) is 13.6 Å². The molecule has 6 heteroatoms. The van der Waals surface area contributed by atoms with Crippen LogP contribution in [0.4, 0.5) is 0 Å². The highest BCUT2D eigenvalue weighted by Gasteiger charge is 2.24. The summed E-state index contributed by atoms with van der Waals surface area (Å²) in [6.45, 7) is 6.16. The third kappa shape index (κ3) is 2.63. The number of aryl methyl sites for hydroxylation is 4. The fourth-order valence-corrected chi connectivity index (χ4v) is 3.67. The highest BCUT2D eigenvalue weighted by Crippen LogP contribution is 2.32. The van der Waals surface area contributed by atoms with Crippen molar-refractivity contribution in [1.82, 2.24) is 9.13 Å². The van der Waals surface area contributed by atoms with E-state index in [2.05, 4.69) is 0 Å². The molecule has 1 aromatic carbocycles. The lowest BCUT2D eigenvalue weighted by atomic mass is 9.93. The van der Waals surface area contributed by atoms with Crippen LogP contribution >= 0.6 is 0 Å². The first-order valence-electron chi connectivity index (χ1n) is 8.54. The Labute approximate surface area is 151 Å². The van der Waals surface area contributed by atoms with Crippen molar-refractivity contribution in [1.29, 1.82) is 0 Å². The van der Waals surface area contributed by atoms with E-state index in [4.69, 9.17) is 5.73 Å². The van der Waals surface area contributed by atoms with Crippen LogP contribution in [-0.4, -0.2) is 20.1 Å². The second-order valence-electron chi connectivity index (χ2n) is 6.61. The molecule has 0 aliphatic carbocycles. The summed E-state index contributed by atoms with van der Waals surface area (Å²) >= 11 is 0. The van der Waals surface area contributed by atoms with E-state index in [1.165, 1.54) is 4.57 Å². The van der Waals surface area contributed by atoms with Gasteiger partial charge in [-0.2, -0.15) is 0 Å². The smallest absolute Gasteiger partial charge is 0.274 e. The number of primary amides is 1. The number of amides is 1. The molecule has 0 aliphatic heterocycles. The van der Waals surface area contributed by atoms with E-state index in [1.54, 1.807) is 23.9 Å². The van der Waals surface area contributed by atoms with Crippen LogP contribution in [0.25, 0.3) is 10.9 Å². The van der Waals surface area contributed by atoms with Gasteiger partial charge in [-0.1, -0.05) is 18.2 Å². The minimum atomic E-state index is -0.918. The summed E-state index contributed by atoms with van der Waals surface area (Å²) in [6, 6.07) is 7.43. The van der Waals surface area contributed by atoms with Gasteiger partial charge in [0.05, 0.1) is 0 Å². The quantitative estimate of drug-likeness (QED) is 0.753. The van der Waals surface area contributed by atoms with Crippen molar-refractivity contribution in [3.63, 3.8) is 0 Å². The fourth-order valence-electron chi connectivity index (χ4n) is 3.67. The number of aliphatic hydroxyl groups excluding tert-OH is 1. The predicted molar refractivity (Wildman–Crippen MR) is 101 cm³/mol. The Morgan fingerprint density at radius 2 is 1.88 bits per heavy atom. The standard InChI is InChI=1S/C20H23N3O3/c1-5-23-15(19(21)25)9-13-14(10-22(4)20(26)17(13)23)18(24)16-11(2)7-6-8-12(16)3/h6-10,18,24H,5H2,1-4H3,(H2,21,25). The van der Waals surface area contributed by atoms with Crippen LogP contribution in [0.3, 0.4) is 0 Å². The summed E-state index contributed by atoms with van der Waals surface area (Å²) in [4.78, 5) is 24.5. The van der Waals surface area contributed by atoms with E-state index >= 15 is 0 Å². The van der Waals surface area contributed by atoms with Gasteiger partial charge >= 0.3 is 0 Å². The van der Waals surface area contributed by atoms with Crippen molar-refractivity contribution in [2.75, 3.05) is 0 Å². The van der Waals surface area contributed by atoms with Gasteiger partial charge in [0.2, 0.25) is 0 Å². The number of carbonyl (C=O) groups is 1. The van der Waals surface area contributed by atoms with E-state index < -0.39 is 12.0 Å². The molecule has 0 saturated heterocycles. The van der Waals surface area contributed by atoms with Crippen LogP contribution in [0.1, 0.15) is 45.8 Å². The largest absolute Gasteiger partial charge is 0.384 e. The minimum absolute atomic E-state index is 0.230. The van der Waals surface area contributed by atoms with Gasteiger partial charge in [0.25, 0.3) is 11.5 Å². The molecule has 0 aliphatic rings. The maximum Gasteiger partial charge on any atom is 0.274 e. The second-order valence-corrected chi connectivity index (χ2v) is 6.61. The molecule has 0 radical (unpaired) electrons. The van der Waals surface area contributed by atoms with E-state index in [0.717, 1.165) is 16.7 Å². The number of pyridine rings is 1. The highest BCUT2D eigenvalue weighted by molar-refractivity contribution is 5.98. The number of fused-ring (bicyclic) bond motifs is 1. The van der Waals surface area contributed by atoms with Gasteiger partial charge in [-0.05, 0) is 43.5 Å². The first-order valence-corrected chi connectivity index (χ1v) is 8.54. The summed E-state index contributed by atoms with van der Waals surface area (Å²) in [6.07, 6.45) is 0.713. The molecule has 0 bridgehead atoms. The molecule has 0 spiro atoms. The number of nitrogens with two attached hydrogens (primary N) is 1. The van der Waals surface area contributed by atoms with Crippen LogP contribution < -0.4 is 11.3 Å². The fraction of sp³-hybridized carbons (Fsp3) is 0.300. The van der Waals surface area contributed by atoms with E-state index in [-0.39, 0.29) is 11.3 Å². The summed E-state index contributed by atoms with van der Waals surface area (Å²) in [5.41, 5.74) is 9.22. The molecular formula is C20H23N3O3. The monoisotopic (exact) mass is 353 g/mol. The molecular weight excluding hydrogens is 330 g/mol. The third-order valence-electron chi connectivity index (χ3n) is 4.94. The molecule has 1 atom stereocenters. The summed E-state index contributed by atoms with van der Waals surface area (Å²) in [5, 5.41) is 11.7. The number of nitrogens with zero attached hydrogens (tertiary/aromatic N) is 2. The van der Waals surface area contributed by atoms with E-state index in [0.29, 0.717) is 23.0 Å². The lowest BCUT2D eigenvalue weighted by Gasteiger charge is -2.19. The molecule has 0 saturated carbocycles. The van der Waals surface area contributed by atoms with Gasteiger partial charge in [-0.3, -0.25) is 9.59 Å². The number of aromatic nitrogens is 2. The molecule has 3 N–H and O–H groups in total. The molecule has 1 amide bonds. The van der Waals surface area contributed by atoms with Crippen molar-refractivity contribution in [2.45, 2.75) is 33.4 Å². The summed E-state index contributed by atoms with van der Waals surface area (Å²) < 4.78 is 3.05. The average Bonchev–Trinajstić information content (AvgIpc) is 2.97. The Morgan fingerprint density at radius 3 is 2.42 bits per heavy atom. The molecule has 0 fully saturated rings. The first-order chi connectivity index (χ1) is 12.3. The normalized spacial score (nSPS) is 12.5. The van der Waals surface area contributed by atoms with Crippen molar-refractivity contribution in [2.24, 2.45) is 12.8 Å². The SMILES string of the molecule is CCn1c(C(N)=O)cc2c(C(O)c3c(C)cccc3C)cn(C)c(=O)c21. The van der Waals surface area contributed by atoms with Crippen molar-refractivity contribution in [3.05, 3.63) is 68.8 Å². The van der Waals surface area contributed by atoms with E-state index in [1.807, 2.05) is 39.0 Å². The Morgan fingerprint density at radius 1 is 1.27 bits per heavy atom. The maximum absolute atomic E-state index is 12.7. The molecule has 1 unspecified atom stereocenters. The number of benzene rings is 1. The van der Waals surface area contributed by atoms with Gasteiger partial charge in [0.1, 0.15) is 17.3 Å². The number of aliphatic hydroxyl groups is 1. The van der Waals surface area contributed by atoms with Gasteiger partial charge in [-0.25, -0.2) is 0 Å². The summed E-state index contributed by atoms with van der Waals surface area (Å²) in [5.74, 6) is -0.599. The Hall–Kier alpha value is -2.86. The van der Waals surface area contributed by atoms with Gasteiger partial charge in [0, 0.05) is 30.7 Å². The van der Waals surface area contributed by atoms with Gasteiger partial charge in [0.15, 0.2) is 0 Å². The van der Waals surface area contributed by atoms with Crippen molar-refractivity contribution < 1.29 is 9.90 Å². The zero-order valence-electron chi connectivity index (χ0n) is 15.4. The molecule has 2 heterocycles. The summed E-state index contributed by atoms with van der Waals surface area (Å²) in [7, 11) is 1.64. The van der Waals surface area contributed by atoms with Gasteiger partial charge < -0.3 is 20.0 Å². The number of hydrogen-bond acceptors (Lipinski definition) is 3. The lowest BCUT2D eigenvalue weighted by Crippen LogP contribution is -2.23. The highest BCUT2D eigenvalue weighted by atomic mass is 16.3. The van der Waals surface area contributed by atoms with Crippen molar-refractivity contribution >= 4 is 16.8 Å². The maximum atomic E-state index is 12.7. The topological polar surface area (TPSA) is 90.2 Å². The predicted octanol–water partition coefficient (Wildman–Crippen LogP) is 2.16. The molecule has 136 valence electrons. The number of rotatable bonds is 4. The minimum Gasteiger partial charge on any atom is -0.384 e. The van der Waals surface area contributed by atoms with Crippen LogP contribution in [0.2, 0.25) is 0 Å². The first kappa shape index (κ1) is 17.9. The van der Waals surface area contributed by atoms with Crippen molar-refractivity contribution in [3.8, 4) is 0 Å².